The van der Waals surface area contributed by atoms with E-state index in [9.17, 15) is 5.11 Å². The smallest absolute Gasteiger partial charge is 0.163 e. The van der Waals surface area contributed by atoms with Crippen molar-refractivity contribution >= 4 is 0 Å². The third kappa shape index (κ3) is 2.23. The van der Waals surface area contributed by atoms with Crippen LogP contribution in [0.25, 0.3) is 0 Å². The number of fused-ring (bicyclic) bond motifs is 8. The third-order valence-electron chi connectivity index (χ3n) is 9.61. The molecule has 1 aliphatic heterocycles. The molecule has 26 heavy (non-hydrogen) atoms. The summed E-state index contributed by atoms with van der Waals surface area (Å²) in [6, 6.07) is 0. The number of aliphatic hydroxyl groups is 1. The van der Waals surface area contributed by atoms with E-state index >= 15 is 0 Å². The van der Waals surface area contributed by atoms with Gasteiger partial charge in [-0.1, -0.05) is 26.7 Å². The molecule has 4 saturated carbocycles. The van der Waals surface area contributed by atoms with Crippen LogP contribution in [-0.2, 0) is 9.47 Å². The molecule has 3 heteroatoms. The maximum Gasteiger partial charge on any atom is 0.163 e. The molecule has 5 unspecified atom stereocenters. The minimum absolute atomic E-state index is 0.167. The molecule has 1 N–H and O–H groups in total. The molecule has 0 amide bonds. The van der Waals surface area contributed by atoms with Crippen LogP contribution in [0, 0.1) is 34.5 Å². The maximum atomic E-state index is 11.4. The maximum absolute atomic E-state index is 11.4. The predicted molar refractivity (Wildman–Crippen MR) is 102 cm³/mol. The average Bonchev–Trinajstić information content (AvgIpc) is 3.00. The first-order valence-electron chi connectivity index (χ1n) is 11.2. The summed E-state index contributed by atoms with van der Waals surface area (Å²) in [5, 5.41) is 11.4. The van der Waals surface area contributed by atoms with Gasteiger partial charge in [0.05, 0.1) is 17.8 Å². The van der Waals surface area contributed by atoms with Gasteiger partial charge >= 0.3 is 0 Å². The van der Waals surface area contributed by atoms with E-state index in [4.69, 9.17) is 9.47 Å². The van der Waals surface area contributed by atoms with Crippen molar-refractivity contribution in [3.05, 3.63) is 0 Å². The minimum Gasteiger partial charge on any atom is -0.390 e. The zero-order valence-electron chi connectivity index (χ0n) is 17.4. The van der Waals surface area contributed by atoms with Crippen LogP contribution in [0.15, 0.2) is 0 Å². The molecule has 3 nitrogen and oxygen atoms in total. The van der Waals surface area contributed by atoms with E-state index in [0.717, 1.165) is 12.8 Å². The first kappa shape index (κ1) is 17.9. The third-order valence-corrected chi connectivity index (χ3v) is 9.61. The second-order valence-corrected chi connectivity index (χ2v) is 11.6. The monoisotopic (exact) mass is 362 g/mol. The Kier molecular flexibility index (Phi) is 3.64. The fourth-order valence-corrected chi connectivity index (χ4v) is 8.67. The number of hydrogen-bond donors (Lipinski definition) is 1. The molecule has 0 bridgehead atoms. The van der Waals surface area contributed by atoms with Gasteiger partial charge in [0.2, 0.25) is 0 Å². The minimum atomic E-state index is -0.559. The van der Waals surface area contributed by atoms with E-state index in [1.165, 1.54) is 38.5 Å². The average molecular weight is 363 g/mol. The Morgan fingerprint density at radius 1 is 0.769 bits per heavy atom. The predicted octanol–water partition coefficient (Wildman–Crippen LogP) is 4.91. The molecule has 0 aromatic carbocycles. The first-order valence-corrected chi connectivity index (χ1v) is 11.2. The second-order valence-electron chi connectivity index (χ2n) is 11.6. The fourth-order valence-electron chi connectivity index (χ4n) is 8.67. The summed E-state index contributed by atoms with van der Waals surface area (Å²) in [5.74, 6) is 1.60. The van der Waals surface area contributed by atoms with Gasteiger partial charge in [-0.3, -0.25) is 0 Å². The number of rotatable bonds is 0. The largest absolute Gasteiger partial charge is 0.390 e. The van der Waals surface area contributed by atoms with E-state index in [-0.39, 0.29) is 17.6 Å². The molecule has 0 radical (unpaired) electrons. The van der Waals surface area contributed by atoms with Crippen molar-refractivity contribution < 1.29 is 14.6 Å². The Balaban J connectivity index is 1.63. The molecule has 1 heterocycles. The van der Waals surface area contributed by atoms with E-state index in [2.05, 4.69) is 34.6 Å². The van der Waals surface area contributed by atoms with Crippen molar-refractivity contribution in [2.45, 2.75) is 110 Å². The highest BCUT2D eigenvalue weighted by Gasteiger charge is 2.69. The Bertz CT molecular complexity index is 598. The van der Waals surface area contributed by atoms with Crippen molar-refractivity contribution in [3.63, 3.8) is 0 Å². The molecule has 0 aromatic rings. The molecule has 148 valence electrons. The number of hydrogen-bond acceptors (Lipinski definition) is 3. The van der Waals surface area contributed by atoms with Crippen molar-refractivity contribution in [1.82, 2.24) is 0 Å². The van der Waals surface area contributed by atoms with Crippen molar-refractivity contribution in [2.24, 2.45) is 34.5 Å². The molecule has 1 saturated heterocycles. The Morgan fingerprint density at radius 2 is 1.50 bits per heavy atom. The summed E-state index contributed by atoms with van der Waals surface area (Å²) < 4.78 is 13.2. The summed E-state index contributed by atoms with van der Waals surface area (Å²) in [6.07, 6.45) is 10.4. The molecular weight excluding hydrogens is 324 g/mol. The molecule has 5 rings (SSSR count). The van der Waals surface area contributed by atoms with Crippen LogP contribution >= 0.6 is 0 Å². The summed E-state index contributed by atoms with van der Waals surface area (Å²) in [7, 11) is 0. The van der Waals surface area contributed by atoms with E-state index in [1.54, 1.807) is 0 Å². The van der Waals surface area contributed by atoms with Crippen LogP contribution in [0.1, 0.15) is 86.0 Å². The normalized spacial score (nSPS) is 60.7. The van der Waals surface area contributed by atoms with Crippen LogP contribution in [-0.4, -0.2) is 28.7 Å². The highest BCUT2D eigenvalue weighted by molar-refractivity contribution is 5.17. The Labute approximate surface area is 159 Å². The van der Waals surface area contributed by atoms with Gasteiger partial charge in [-0.25, -0.2) is 0 Å². The highest BCUT2D eigenvalue weighted by Crippen LogP contribution is 2.69. The number of ether oxygens (including phenoxy) is 2. The summed E-state index contributed by atoms with van der Waals surface area (Å²) in [5.41, 5.74) is 0.0631. The molecule has 4 aliphatic carbocycles. The van der Waals surface area contributed by atoms with Crippen LogP contribution in [0.2, 0.25) is 0 Å². The lowest BCUT2D eigenvalue weighted by atomic mass is 9.43. The Morgan fingerprint density at radius 3 is 2.27 bits per heavy atom. The van der Waals surface area contributed by atoms with Gasteiger partial charge in [-0.05, 0) is 93.8 Å². The zero-order valence-corrected chi connectivity index (χ0v) is 17.4. The Hall–Kier alpha value is -0.120. The zero-order chi connectivity index (χ0) is 18.5. The van der Waals surface area contributed by atoms with E-state index < -0.39 is 11.4 Å². The van der Waals surface area contributed by atoms with Gasteiger partial charge < -0.3 is 14.6 Å². The first-order chi connectivity index (χ1) is 12.1. The van der Waals surface area contributed by atoms with Gasteiger partial charge in [0, 0.05) is 0 Å². The van der Waals surface area contributed by atoms with Crippen molar-refractivity contribution in [2.75, 3.05) is 0 Å². The van der Waals surface area contributed by atoms with Crippen LogP contribution in [0.4, 0.5) is 0 Å². The quantitative estimate of drug-likeness (QED) is 0.665. The van der Waals surface area contributed by atoms with Crippen molar-refractivity contribution in [3.8, 4) is 0 Å². The molecular formula is C23H38O3. The van der Waals surface area contributed by atoms with Crippen LogP contribution in [0.3, 0.4) is 0 Å². The lowest BCUT2D eigenvalue weighted by Crippen LogP contribution is -2.64. The molecule has 5 fully saturated rings. The van der Waals surface area contributed by atoms with Crippen LogP contribution in [0.5, 0.6) is 0 Å². The van der Waals surface area contributed by atoms with E-state index in [1.807, 2.05) is 0 Å². The highest BCUT2D eigenvalue weighted by atomic mass is 16.8. The van der Waals surface area contributed by atoms with Crippen LogP contribution < -0.4 is 0 Å². The summed E-state index contributed by atoms with van der Waals surface area (Å²) >= 11 is 0. The second kappa shape index (κ2) is 5.27. The lowest BCUT2D eigenvalue weighted by Gasteiger charge is -2.63. The summed E-state index contributed by atoms with van der Waals surface area (Å²) in [4.78, 5) is 0. The topological polar surface area (TPSA) is 38.7 Å². The van der Waals surface area contributed by atoms with Gasteiger partial charge in [0.1, 0.15) is 0 Å². The van der Waals surface area contributed by atoms with Gasteiger partial charge in [0.15, 0.2) is 5.79 Å². The molecule has 0 aromatic heterocycles. The molecule has 9 atom stereocenters. The molecule has 5 aliphatic rings. The lowest BCUT2D eigenvalue weighted by molar-refractivity contribution is -0.201. The standard InChI is InChI=1S/C23H38O3/c1-20(2)25-17-15-8-6-7-10-22(15,4)14-9-11-21(3)12-13-23(5,24)19(21)16(14)18(17)26-20/h14-19,24H,6-13H2,1-5H3/t14?,15?,16?,17-,18-,19?,21-,22-,23?/m1/s1. The van der Waals surface area contributed by atoms with Gasteiger partial charge in [-0.2, -0.15) is 0 Å². The van der Waals surface area contributed by atoms with E-state index in [0.29, 0.717) is 29.1 Å². The van der Waals surface area contributed by atoms with Crippen molar-refractivity contribution in [1.29, 1.82) is 0 Å². The summed E-state index contributed by atoms with van der Waals surface area (Å²) in [6.45, 7) is 11.3. The SMILES string of the molecule is CC1(C)O[C@@H]2C3C4C(C)(O)CC[C@@]4(C)CCC3[C@@]3(C)CCCCC3[C@H]2O1. The fraction of sp³-hybridized carbons (Fsp3) is 1.00. The molecule has 0 spiro atoms. The van der Waals surface area contributed by atoms with Gasteiger partial charge in [0.25, 0.3) is 0 Å². The van der Waals surface area contributed by atoms with Gasteiger partial charge in [-0.15, -0.1) is 0 Å².